The van der Waals surface area contributed by atoms with Crippen molar-refractivity contribution in [2.45, 2.75) is 31.9 Å². The molecule has 0 aromatic carbocycles. The Morgan fingerprint density at radius 3 is 2.85 bits per heavy atom. The van der Waals surface area contributed by atoms with Gasteiger partial charge in [-0.05, 0) is 25.7 Å². The first-order valence-corrected chi connectivity index (χ1v) is 5.27. The molecular formula is C11H19NO. The van der Waals surface area contributed by atoms with Crippen LogP contribution < -0.4 is 0 Å². The average Bonchev–Trinajstić information content (AvgIpc) is 2.67. The maximum absolute atomic E-state index is 9.72. The van der Waals surface area contributed by atoms with Crippen LogP contribution in [0.3, 0.4) is 0 Å². The molecule has 0 spiro atoms. The average molecular weight is 181 g/mol. The van der Waals surface area contributed by atoms with Crippen molar-refractivity contribution in [2.24, 2.45) is 11.8 Å². The summed E-state index contributed by atoms with van der Waals surface area (Å²) in [5.41, 5.74) is 0. The molecule has 4 unspecified atom stereocenters. The summed E-state index contributed by atoms with van der Waals surface area (Å²) < 4.78 is 0. The molecule has 1 heterocycles. The van der Waals surface area contributed by atoms with Crippen LogP contribution in [0.2, 0.25) is 0 Å². The molecule has 0 amide bonds. The van der Waals surface area contributed by atoms with E-state index in [-0.39, 0.29) is 6.10 Å². The standard InChI is InChI=1S/C11H19NO/c1-3-8(2)12-6-9-4-5-11(13)10(9)7-12/h3,8-11,13H,1,4-7H2,2H3. The molecule has 2 rings (SSSR count). The predicted octanol–water partition coefficient (Wildman–Crippen LogP) is 1.26. The molecule has 2 aliphatic rings. The number of nitrogens with zero attached hydrogens (tertiary/aromatic N) is 1. The van der Waals surface area contributed by atoms with Crippen LogP contribution in [0.5, 0.6) is 0 Å². The van der Waals surface area contributed by atoms with Crippen LogP contribution in [0, 0.1) is 11.8 Å². The van der Waals surface area contributed by atoms with Gasteiger partial charge in [-0.3, -0.25) is 4.90 Å². The molecule has 1 aliphatic heterocycles. The fraction of sp³-hybridized carbons (Fsp3) is 0.818. The third-order valence-corrected chi connectivity index (χ3v) is 3.76. The lowest BCUT2D eigenvalue weighted by atomic mass is 10.00. The molecule has 74 valence electrons. The second kappa shape index (κ2) is 3.43. The highest BCUT2D eigenvalue weighted by Gasteiger charge is 2.42. The van der Waals surface area contributed by atoms with Crippen LogP contribution >= 0.6 is 0 Å². The smallest absolute Gasteiger partial charge is 0.0583 e. The van der Waals surface area contributed by atoms with Crippen molar-refractivity contribution in [1.29, 1.82) is 0 Å². The lowest BCUT2D eigenvalue weighted by Gasteiger charge is -2.22. The Kier molecular flexibility index (Phi) is 2.43. The number of fused-ring (bicyclic) bond motifs is 1. The maximum Gasteiger partial charge on any atom is 0.0583 e. The summed E-state index contributed by atoms with van der Waals surface area (Å²) in [7, 11) is 0. The lowest BCUT2D eigenvalue weighted by Crippen LogP contribution is -2.31. The molecule has 2 nitrogen and oxygen atoms in total. The lowest BCUT2D eigenvalue weighted by molar-refractivity contribution is 0.122. The molecule has 0 bridgehead atoms. The maximum atomic E-state index is 9.72. The van der Waals surface area contributed by atoms with Gasteiger partial charge >= 0.3 is 0 Å². The minimum atomic E-state index is -0.0352. The highest BCUT2D eigenvalue weighted by molar-refractivity contribution is 4.97. The molecule has 2 fully saturated rings. The number of likely N-dealkylation sites (tertiary alicyclic amines) is 1. The van der Waals surface area contributed by atoms with Gasteiger partial charge in [0.2, 0.25) is 0 Å². The van der Waals surface area contributed by atoms with E-state index >= 15 is 0 Å². The van der Waals surface area contributed by atoms with Crippen LogP contribution in [-0.2, 0) is 0 Å². The molecule has 0 aromatic heterocycles. The van der Waals surface area contributed by atoms with E-state index in [1.165, 1.54) is 6.42 Å². The van der Waals surface area contributed by atoms with E-state index in [2.05, 4.69) is 18.4 Å². The van der Waals surface area contributed by atoms with Crippen LogP contribution in [0.4, 0.5) is 0 Å². The highest BCUT2D eigenvalue weighted by atomic mass is 16.3. The van der Waals surface area contributed by atoms with Gasteiger partial charge in [-0.1, -0.05) is 6.08 Å². The van der Waals surface area contributed by atoms with E-state index in [0.717, 1.165) is 25.4 Å². The Morgan fingerprint density at radius 1 is 1.46 bits per heavy atom. The van der Waals surface area contributed by atoms with Gasteiger partial charge < -0.3 is 5.11 Å². The quantitative estimate of drug-likeness (QED) is 0.648. The Balaban J connectivity index is 1.98. The first-order valence-electron chi connectivity index (χ1n) is 5.27. The summed E-state index contributed by atoms with van der Waals surface area (Å²) in [4.78, 5) is 2.44. The van der Waals surface area contributed by atoms with Crippen LogP contribution in [0.25, 0.3) is 0 Å². The normalized spacial score (nSPS) is 41.8. The van der Waals surface area contributed by atoms with Crippen molar-refractivity contribution in [3.63, 3.8) is 0 Å². The Hall–Kier alpha value is -0.340. The van der Waals surface area contributed by atoms with Gasteiger partial charge in [0.1, 0.15) is 0 Å². The summed E-state index contributed by atoms with van der Waals surface area (Å²) >= 11 is 0. The second-order valence-corrected chi connectivity index (χ2v) is 4.50. The van der Waals surface area contributed by atoms with Gasteiger partial charge in [0, 0.05) is 25.0 Å². The van der Waals surface area contributed by atoms with Crippen molar-refractivity contribution >= 4 is 0 Å². The summed E-state index contributed by atoms with van der Waals surface area (Å²) in [6.45, 7) is 8.23. The summed E-state index contributed by atoms with van der Waals surface area (Å²) in [5, 5.41) is 9.72. The second-order valence-electron chi connectivity index (χ2n) is 4.50. The van der Waals surface area contributed by atoms with Gasteiger partial charge in [0.25, 0.3) is 0 Å². The van der Waals surface area contributed by atoms with Crippen molar-refractivity contribution in [3.05, 3.63) is 12.7 Å². The third-order valence-electron chi connectivity index (χ3n) is 3.76. The van der Waals surface area contributed by atoms with E-state index in [9.17, 15) is 5.11 Å². The molecule has 1 saturated carbocycles. The molecule has 4 atom stereocenters. The van der Waals surface area contributed by atoms with Crippen LogP contribution in [-0.4, -0.2) is 35.2 Å². The number of aliphatic hydroxyl groups is 1. The molecule has 0 aromatic rings. The van der Waals surface area contributed by atoms with E-state index in [4.69, 9.17) is 0 Å². The largest absolute Gasteiger partial charge is 0.393 e. The summed E-state index contributed by atoms with van der Waals surface area (Å²) in [6, 6.07) is 0.470. The number of hydrogen-bond donors (Lipinski definition) is 1. The zero-order valence-corrected chi connectivity index (χ0v) is 8.32. The number of aliphatic hydroxyl groups excluding tert-OH is 1. The minimum absolute atomic E-state index is 0.0352. The first-order chi connectivity index (χ1) is 6.22. The van der Waals surface area contributed by atoms with E-state index in [0.29, 0.717) is 12.0 Å². The molecule has 1 saturated heterocycles. The number of rotatable bonds is 2. The molecule has 13 heavy (non-hydrogen) atoms. The van der Waals surface area contributed by atoms with Crippen molar-refractivity contribution in [3.8, 4) is 0 Å². The van der Waals surface area contributed by atoms with Crippen molar-refractivity contribution < 1.29 is 5.11 Å². The fourth-order valence-corrected chi connectivity index (χ4v) is 2.75. The molecule has 2 heteroatoms. The van der Waals surface area contributed by atoms with Gasteiger partial charge in [0.05, 0.1) is 6.10 Å². The SMILES string of the molecule is C=CC(C)N1CC2CCC(O)C2C1. The van der Waals surface area contributed by atoms with Gasteiger partial charge in [-0.2, -0.15) is 0 Å². The van der Waals surface area contributed by atoms with E-state index < -0.39 is 0 Å². The van der Waals surface area contributed by atoms with E-state index in [1.807, 2.05) is 6.08 Å². The van der Waals surface area contributed by atoms with Gasteiger partial charge in [-0.15, -0.1) is 6.58 Å². The highest BCUT2D eigenvalue weighted by Crippen LogP contribution is 2.38. The Morgan fingerprint density at radius 2 is 2.23 bits per heavy atom. The first kappa shape index (κ1) is 9.22. The Bertz CT molecular complexity index is 204. The fourth-order valence-electron chi connectivity index (χ4n) is 2.75. The monoisotopic (exact) mass is 181 g/mol. The summed E-state index contributed by atoms with van der Waals surface area (Å²) in [6.07, 6.45) is 4.19. The topological polar surface area (TPSA) is 23.5 Å². The zero-order chi connectivity index (χ0) is 9.42. The minimum Gasteiger partial charge on any atom is -0.393 e. The number of hydrogen-bond acceptors (Lipinski definition) is 2. The third kappa shape index (κ3) is 1.53. The van der Waals surface area contributed by atoms with Crippen molar-refractivity contribution in [2.75, 3.05) is 13.1 Å². The van der Waals surface area contributed by atoms with E-state index in [1.54, 1.807) is 0 Å². The molecular weight excluding hydrogens is 162 g/mol. The van der Waals surface area contributed by atoms with Crippen molar-refractivity contribution in [1.82, 2.24) is 4.90 Å². The molecule has 1 aliphatic carbocycles. The van der Waals surface area contributed by atoms with Gasteiger partial charge in [0.15, 0.2) is 0 Å². The predicted molar refractivity (Wildman–Crippen MR) is 53.5 cm³/mol. The Labute approximate surface area is 80.2 Å². The van der Waals surface area contributed by atoms with Crippen LogP contribution in [0.1, 0.15) is 19.8 Å². The van der Waals surface area contributed by atoms with Crippen LogP contribution in [0.15, 0.2) is 12.7 Å². The molecule has 1 N–H and O–H groups in total. The molecule has 0 radical (unpaired) electrons. The summed E-state index contributed by atoms with van der Waals surface area (Å²) in [5.74, 6) is 1.29. The van der Waals surface area contributed by atoms with Gasteiger partial charge in [-0.25, -0.2) is 0 Å². The zero-order valence-electron chi connectivity index (χ0n) is 8.32.